The first-order valence-electron chi connectivity index (χ1n) is 5.15. The molecule has 0 spiro atoms. The number of aromatic nitrogens is 1. The van der Waals surface area contributed by atoms with Crippen molar-refractivity contribution in [2.24, 2.45) is 10.2 Å². The molecule has 16 heavy (non-hydrogen) atoms. The smallest absolute Gasteiger partial charge is 0.183 e. The summed E-state index contributed by atoms with van der Waals surface area (Å²) in [6.07, 6.45) is 3.85. The molecule has 0 radical (unpaired) electrons. The molecule has 3 nitrogen and oxygen atoms in total. The Bertz CT molecular complexity index is 757. The zero-order valence-corrected chi connectivity index (χ0v) is 8.38. The molecule has 3 heteroatoms. The Labute approximate surface area is 91.5 Å². The van der Waals surface area contributed by atoms with Crippen molar-refractivity contribution in [2.75, 3.05) is 0 Å². The maximum atomic E-state index is 4.50. The molecule has 2 heterocycles. The number of benzene rings is 1. The minimum atomic E-state index is 0.725. The molecule has 0 fully saturated rings. The molecule has 0 atom stereocenters. The molecule has 74 valence electrons. The summed E-state index contributed by atoms with van der Waals surface area (Å²) in [6, 6.07) is 10.4. The SMILES string of the molecule is C1=c2cc3c(nc2N=N1)=Cc1ccccc1-3. The van der Waals surface area contributed by atoms with Crippen molar-refractivity contribution in [3.05, 3.63) is 46.5 Å². The van der Waals surface area contributed by atoms with Crippen LogP contribution in [0.5, 0.6) is 0 Å². The van der Waals surface area contributed by atoms with Gasteiger partial charge in [-0.3, -0.25) is 0 Å². The van der Waals surface area contributed by atoms with E-state index >= 15 is 0 Å². The van der Waals surface area contributed by atoms with Gasteiger partial charge in [-0.2, -0.15) is 5.11 Å². The fraction of sp³-hybridized carbons (Fsp3) is 0. The van der Waals surface area contributed by atoms with Crippen molar-refractivity contribution in [1.82, 2.24) is 4.98 Å². The van der Waals surface area contributed by atoms with Crippen molar-refractivity contribution >= 4 is 18.1 Å². The van der Waals surface area contributed by atoms with E-state index < -0.39 is 0 Å². The number of hydrogen-bond donors (Lipinski definition) is 0. The van der Waals surface area contributed by atoms with Crippen LogP contribution in [0.1, 0.15) is 5.56 Å². The van der Waals surface area contributed by atoms with Crippen LogP contribution in [0, 0.1) is 0 Å². The number of rotatable bonds is 0. The molecule has 0 amide bonds. The Morgan fingerprint density at radius 2 is 1.94 bits per heavy atom. The fourth-order valence-corrected chi connectivity index (χ4v) is 2.19. The summed E-state index contributed by atoms with van der Waals surface area (Å²) in [7, 11) is 0. The first-order valence-corrected chi connectivity index (χ1v) is 5.15. The van der Waals surface area contributed by atoms with Crippen LogP contribution in [0.4, 0.5) is 5.82 Å². The van der Waals surface area contributed by atoms with E-state index in [1.807, 2.05) is 12.1 Å². The Balaban J connectivity index is 2.15. The average molecular weight is 205 g/mol. The van der Waals surface area contributed by atoms with Crippen LogP contribution in [0.15, 0.2) is 40.6 Å². The predicted octanol–water partition coefficient (Wildman–Crippen LogP) is 1.73. The Morgan fingerprint density at radius 3 is 2.94 bits per heavy atom. The van der Waals surface area contributed by atoms with Gasteiger partial charge in [0.25, 0.3) is 0 Å². The van der Waals surface area contributed by atoms with Gasteiger partial charge in [-0.25, -0.2) is 4.98 Å². The largest absolute Gasteiger partial charge is 0.226 e. The number of hydrogen-bond acceptors (Lipinski definition) is 3. The molecule has 0 unspecified atom stereocenters. The van der Waals surface area contributed by atoms with Crippen LogP contribution >= 0.6 is 0 Å². The molecular formula is C13H7N3. The van der Waals surface area contributed by atoms with Crippen LogP contribution in [0.3, 0.4) is 0 Å². The highest BCUT2D eigenvalue weighted by atomic mass is 15.2. The first kappa shape index (κ1) is 7.93. The minimum absolute atomic E-state index is 0.725. The van der Waals surface area contributed by atoms with Crippen molar-refractivity contribution < 1.29 is 0 Å². The van der Waals surface area contributed by atoms with E-state index in [9.17, 15) is 0 Å². The molecule has 2 aliphatic rings. The highest BCUT2D eigenvalue weighted by molar-refractivity contribution is 5.82. The lowest BCUT2D eigenvalue weighted by atomic mass is 10.1. The van der Waals surface area contributed by atoms with E-state index in [1.165, 1.54) is 16.7 Å². The lowest BCUT2D eigenvalue weighted by Crippen LogP contribution is -2.13. The molecule has 2 aromatic rings. The highest BCUT2D eigenvalue weighted by Crippen LogP contribution is 2.25. The molecule has 1 aromatic heterocycles. The summed E-state index contributed by atoms with van der Waals surface area (Å²) in [4.78, 5) is 4.50. The van der Waals surface area contributed by atoms with E-state index in [0.29, 0.717) is 0 Å². The summed E-state index contributed by atoms with van der Waals surface area (Å²) < 4.78 is 0. The minimum Gasteiger partial charge on any atom is -0.226 e. The zero-order chi connectivity index (χ0) is 10.5. The fourth-order valence-electron chi connectivity index (χ4n) is 2.19. The van der Waals surface area contributed by atoms with Crippen LogP contribution < -0.4 is 10.6 Å². The summed E-state index contributed by atoms with van der Waals surface area (Å²) in [5.41, 5.74) is 3.65. The quantitative estimate of drug-likeness (QED) is 0.550. The molecule has 4 rings (SSSR count). The van der Waals surface area contributed by atoms with E-state index in [2.05, 4.69) is 39.5 Å². The second kappa shape index (κ2) is 2.64. The van der Waals surface area contributed by atoms with Gasteiger partial charge in [0.1, 0.15) is 0 Å². The molecule has 0 bridgehead atoms. The topological polar surface area (TPSA) is 37.6 Å². The molecule has 0 N–H and O–H groups in total. The Morgan fingerprint density at radius 1 is 1.00 bits per heavy atom. The lowest BCUT2D eigenvalue weighted by molar-refractivity contribution is 1.17. The van der Waals surface area contributed by atoms with Gasteiger partial charge in [-0.05, 0) is 23.3 Å². The monoisotopic (exact) mass is 205 g/mol. The molecule has 0 saturated carbocycles. The highest BCUT2D eigenvalue weighted by Gasteiger charge is 2.14. The third-order valence-corrected chi connectivity index (χ3v) is 2.95. The van der Waals surface area contributed by atoms with Gasteiger partial charge in [0.2, 0.25) is 0 Å². The standard InChI is InChI=1S/C13H7N3/c1-2-4-10-8(3-1)6-12-11(10)5-9-7-14-16-13(9)15-12/h1-7H. The maximum Gasteiger partial charge on any atom is 0.183 e. The lowest BCUT2D eigenvalue weighted by Gasteiger charge is -1.99. The predicted molar refractivity (Wildman–Crippen MR) is 61.5 cm³/mol. The van der Waals surface area contributed by atoms with Crippen molar-refractivity contribution in [3.63, 3.8) is 0 Å². The second-order valence-corrected chi connectivity index (χ2v) is 3.91. The second-order valence-electron chi connectivity index (χ2n) is 3.91. The van der Waals surface area contributed by atoms with Gasteiger partial charge >= 0.3 is 0 Å². The summed E-state index contributed by atoms with van der Waals surface area (Å²) >= 11 is 0. The van der Waals surface area contributed by atoms with Gasteiger partial charge < -0.3 is 0 Å². The normalized spacial score (nSPS) is 13.8. The van der Waals surface area contributed by atoms with E-state index in [-0.39, 0.29) is 0 Å². The van der Waals surface area contributed by atoms with Crippen LogP contribution in [-0.4, -0.2) is 4.98 Å². The molecular weight excluding hydrogens is 198 g/mol. The van der Waals surface area contributed by atoms with Gasteiger partial charge in [0, 0.05) is 10.8 Å². The number of fused-ring (bicyclic) bond motifs is 4. The number of azo groups is 1. The van der Waals surface area contributed by atoms with Crippen molar-refractivity contribution in [3.8, 4) is 11.1 Å². The molecule has 1 aliphatic carbocycles. The molecule has 0 saturated heterocycles. The van der Waals surface area contributed by atoms with Gasteiger partial charge in [0.15, 0.2) is 5.82 Å². The zero-order valence-electron chi connectivity index (χ0n) is 8.38. The van der Waals surface area contributed by atoms with E-state index in [4.69, 9.17) is 0 Å². The van der Waals surface area contributed by atoms with E-state index in [0.717, 1.165) is 16.4 Å². The van der Waals surface area contributed by atoms with E-state index in [1.54, 1.807) is 6.20 Å². The number of pyridine rings is 1. The third kappa shape index (κ3) is 0.896. The third-order valence-electron chi connectivity index (χ3n) is 2.95. The maximum absolute atomic E-state index is 4.50. The van der Waals surface area contributed by atoms with Crippen LogP contribution in [0.2, 0.25) is 0 Å². The average Bonchev–Trinajstić information content (AvgIpc) is 2.88. The molecule has 1 aliphatic heterocycles. The van der Waals surface area contributed by atoms with Crippen molar-refractivity contribution in [2.45, 2.75) is 0 Å². The van der Waals surface area contributed by atoms with Crippen LogP contribution in [-0.2, 0) is 0 Å². The Kier molecular flexibility index (Phi) is 1.31. The Hall–Kier alpha value is -2.29. The van der Waals surface area contributed by atoms with Crippen molar-refractivity contribution in [1.29, 1.82) is 0 Å². The summed E-state index contributed by atoms with van der Waals surface area (Å²) in [5, 5.41) is 9.85. The van der Waals surface area contributed by atoms with Gasteiger partial charge in [0.05, 0.1) is 11.5 Å². The summed E-state index contributed by atoms with van der Waals surface area (Å²) in [6.45, 7) is 0. The number of nitrogens with zero attached hydrogens (tertiary/aromatic N) is 3. The van der Waals surface area contributed by atoms with Gasteiger partial charge in [-0.15, -0.1) is 5.11 Å². The van der Waals surface area contributed by atoms with Crippen LogP contribution in [0.25, 0.3) is 23.4 Å². The van der Waals surface area contributed by atoms with Gasteiger partial charge in [-0.1, -0.05) is 24.3 Å². The molecule has 1 aromatic carbocycles. The summed E-state index contributed by atoms with van der Waals surface area (Å²) in [5.74, 6) is 0.725. The first-order chi connectivity index (χ1) is 7.92.